The number of hydrogen-bond donors (Lipinski definition) is 0. The fourth-order valence-corrected chi connectivity index (χ4v) is 3.21. The maximum Gasteiger partial charge on any atom is 0.124 e. The molecule has 0 amide bonds. The fraction of sp³-hybridized carbons (Fsp3) is 0.0625. The Kier molecular flexibility index (Phi) is 3.81. The Morgan fingerprint density at radius 3 is 2.30 bits per heavy atom. The first-order valence-corrected chi connectivity index (χ1v) is 7.50. The first-order valence-electron chi connectivity index (χ1n) is 6.15. The Balaban J connectivity index is 2.07. The van der Waals surface area contributed by atoms with Gasteiger partial charge in [-0.2, -0.15) is 0 Å². The molecule has 0 unspecified atom stereocenters. The Labute approximate surface area is 125 Å². The zero-order valence-electron chi connectivity index (χ0n) is 10.5. The molecule has 3 rings (SSSR count). The van der Waals surface area contributed by atoms with Gasteiger partial charge >= 0.3 is 0 Å². The topological polar surface area (TPSA) is 12.9 Å². The number of hydrogen-bond acceptors (Lipinski definition) is 2. The lowest BCUT2D eigenvalue weighted by molar-refractivity contribution is 0.628. The lowest BCUT2D eigenvalue weighted by atomic mass is 10.1. The molecule has 2 aromatic carbocycles. The van der Waals surface area contributed by atoms with Crippen LogP contribution in [0.25, 0.3) is 21.8 Å². The number of rotatable bonds is 3. The summed E-state index contributed by atoms with van der Waals surface area (Å²) in [5.41, 5.74) is 2.86. The molecule has 1 nitrogen and oxygen atoms in total. The first-order chi connectivity index (χ1) is 9.78. The molecule has 20 heavy (non-hydrogen) atoms. The van der Waals surface area contributed by atoms with Crippen LogP contribution in [-0.4, -0.2) is 4.98 Å². The molecule has 0 saturated heterocycles. The highest BCUT2D eigenvalue weighted by molar-refractivity contribution is 7.15. The average molecular weight is 304 g/mol. The van der Waals surface area contributed by atoms with E-state index in [1.54, 1.807) is 23.5 Å². The van der Waals surface area contributed by atoms with Crippen molar-refractivity contribution in [1.29, 1.82) is 0 Å². The van der Waals surface area contributed by atoms with Crippen molar-refractivity contribution in [1.82, 2.24) is 4.98 Å². The highest BCUT2D eigenvalue weighted by Crippen LogP contribution is 2.34. The Bertz CT molecular complexity index is 707. The number of alkyl halides is 1. The number of benzene rings is 2. The molecule has 0 spiro atoms. The van der Waals surface area contributed by atoms with Crippen LogP contribution in [-0.2, 0) is 5.88 Å². The standard InChI is InChI=1S/C16H11ClFNS/c17-10-14-15(11-4-2-1-3-5-11)19-16(20-14)12-6-8-13(18)9-7-12/h1-9H,10H2. The summed E-state index contributed by atoms with van der Waals surface area (Å²) in [5.74, 6) is 0.175. The molecule has 0 aliphatic heterocycles. The minimum absolute atomic E-state index is 0.244. The summed E-state index contributed by atoms with van der Waals surface area (Å²) in [7, 11) is 0. The average Bonchev–Trinajstić information content (AvgIpc) is 2.93. The van der Waals surface area contributed by atoms with E-state index in [2.05, 4.69) is 4.98 Å². The summed E-state index contributed by atoms with van der Waals surface area (Å²) < 4.78 is 13.0. The van der Waals surface area contributed by atoms with Crippen LogP contribution in [0.2, 0.25) is 0 Å². The van der Waals surface area contributed by atoms with E-state index in [0.717, 1.165) is 26.7 Å². The molecule has 0 bridgehead atoms. The van der Waals surface area contributed by atoms with Crippen molar-refractivity contribution in [3.8, 4) is 21.8 Å². The van der Waals surface area contributed by atoms with Crippen LogP contribution in [0.3, 0.4) is 0 Å². The molecule has 0 aliphatic carbocycles. The number of thiazole rings is 1. The highest BCUT2D eigenvalue weighted by atomic mass is 35.5. The van der Waals surface area contributed by atoms with E-state index in [1.807, 2.05) is 30.3 Å². The summed E-state index contributed by atoms with van der Waals surface area (Å²) in [6.45, 7) is 0. The second-order valence-electron chi connectivity index (χ2n) is 4.30. The Hall–Kier alpha value is -1.71. The summed E-state index contributed by atoms with van der Waals surface area (Å²) in [4.78, 5) is 5.69. The van der Waals surface area contributed by atoms with E-state index in [1.165, 1.54) is 12.1 Å². The Morgan fingerprint density at radius 1 is 0.950 bits per heavy atom. The third kappa shape index (κ3) is 2.60. The van der Waals surface area contributed by atoms with Gasteiger partial charge in [-0.3, -0.25) is 0 Å². The fourth-order valence-electron chi connectivity index (χ4n) is 1.98. The zero-order valence-corrected chi connectivity index (χ0v) is 12.1. The minimum atomic E-state index is -0.244. The van der Waals surface area contributed by atoms with Crippen molar-refractivity contribution >= 4 is 22.9 Å². The highest BCUT2D eigenvalue weighted by Gasteiger charge is 2.13. The summed E-state index contributed by atoms with van der Waals surface area (Å²) in [5, 5.41) is 0.861. The van der Waals surface area contributed by atoms with Gasteiger partial charge in [0.2, 0.25) is 0 Å². The van der Waals surface area contributed by atoms with Crippen molar-refractivity contribution in [3.05, 3.63) is 65.3 Å². The molecule has 3 aromatic rings. The Morgan fingerprint density at radius 2 is 1.65 bits per heavy atom. The van der Waals surface area contributed by atoms with Crippen LogP contribution in [0.15, 0.2) is 54.6 Å². The quantitative estimate of drug-likeness (QED) is 0.594. The molecule has 0 saturated carbocycles. The number of nitrogens with zero attached hydrogens (tertiary/aromatic N) is 1. The van der Waals surface area contributed by atoms with E-state index < -0.39 is 0 Å². The maximum atomic E-state index is 13.0. The molecular weight excluding hydrogens is 293 g/mol. The van der Waals surface area contributed by atoms with Crippen molar-refractivity contribution in [3.63, 3.8) is 0 Å². The van der Waals surface area contributed by atoms with Crippen LogP contribution >= 0.6 is 22.9 Å². The SMILES string of the molecule is Fc1ccc(-c2nc(-c3ccccc3)c(CCl)s2)cc1. The van der Waals surface area contributed by atoms with Crippen molar-refractivity contribution in [2.24, 2.45) is 0 Å². The van der Waals surface area contributed by atoms with Gasteiger partial charge in [-0.15, -0.1) is 22.9 Å². The molecular formula is C16H11ClFNS. The predicted molar refractivity (Wildman–Crippen MR) is 82.5 cm³/mol. The van der Waals surface area contributed by atoms with Crippen LogP contribution in [0.4, 0.5) is 4.39 Å². The lowest BCUT2D eigenvalue weighted by Crippen LogP contribution is -1.82. The monoisotopic (exact) mass is 303 g/mol. The van der Waals surface area contributed by atoms with E-state index in [0.29, 0.717) is 5.88 Å². The molecule has 1 aromatic heterocycles. The molecule has 4 heteroatoms. The van der Waals surface area contributed by atoms with E-state index in [4.69, 9.17) is 11.6 Å². The second kappa shape index (κ2) is 5.73. The molecule has 0 atom stereocenters. The van der Waals surface area contributed by atoms with Crippen LogP contribution in [0.5, 0.6) is 0 Å². The van der Waals surface area contributed by atoms with Gasteiger partial charge < -0.3 is 0 Å². The molecule has 0 radical (unpaired) electrons. The van der Waals surface area contributed by atoms with Gasteiger partial charge in [-0.05, 0) is 24.3 Å². The van der Waals surface area contributed by atoms with Crippen LogP contribution in [0.1, 0.15) is 4.88 Å². The van der Waals surface area contributed by atoms with Gasteiger partial charge in [0.05, 0.1) is 11.6 Å². The summed E-state index contributed by atoms with van der Waals surface area (Å²) in [6.07, 6.45) is 0. The largest absolute Gasteiger partial charge is 0.236 e. The van der Waals surface area contributed by atoms with Crippen molar-refractivity contribution < 1.29 is 4.39 Å². The van der Waals surface area contributed by atoms with Crippen LogP contribution in [0, 0.1) is 5.82 Å². The van der Waals surface area contributed by atoms with E-state index in [-0.39, 0.29) is 5.82 Å². The zero-order chi connectivity index (χ0) is 13.9. The molecule has 0 N–H and O–H groups in total. The second-order valence-corrected chi connectivity index (χ2v) is 5.65. The van der Waals surface area contributed by atoms with Gasteiger partial charge in [0, 0.05) is 16.0 Å². The van der Waals surface area contributed by atoms with E-state index >= 15 is 0 Å². The van der Waals surface area contributed by atoms with Gasteiger partial charge in [-0.1, -0.05) is 30.3 Å². The predicted octanol–water partition coefficient (Wildman–Crippen LogP) is 5.36. The maximum absolute atomic E-state index is 13.0. The van der Waals surface area contributed by atoms with Crippen molar-refractivity contribution in [2.75, 3.05) is 0 Å². The third-order valence-electron chi connectivity index (χ3n) is 2.96. The van der Waals surface area contributed by atoms with Gasteiger partial charge in [-0.25, -0.2) is 9.37 Å². The van der Waals surface area contributed by atoms with Gasteiger partial charge in [0.25, 0.3) is 0 Å². The molecule has 0 fully saturated rings. The van der Waals surface area contributed by atoms with Gasteiger partial charge in [0.1, 0.15) is 10.8 Å². The third-order valence-corrected chi connectivity index (χ3v) is 4.49. The molecule has 1 heterocycles. The first kappa shape index (κ1) is 13.3. The number of aromatic nitrogens is 1. The van der Waals surface area contributed by atoms with Crippen molar-refractivity contribution in [2.45, 2.75) is 5.88 Å². The summed E-state index contributed by atoms with van der Waals surface area (Å²) >= 11 is 7.57. The minimum Gasteiger partial charge on any atom is -0.236 e. The smallest absolute Gasteiger partial charge is 0.124 e. The lowest BCUT2D eigenvalue weighted by Gasteiger charge is -1.98. The van der Waals surface area contributed by atoms with Crippen LogP contribution < -0.4 is 0 Å². The molecule has 100 valence electrons. The number of halogens is 2. The molecule has 0 aliphatic rings. The summed E-state index contributed by atoms with van der Waals surface area (Å²) in [6, 6.07) is 16.3. The van der Waals surface area contributed by atoms with E-state index in [9.17, 15) is 4.39 Å². The normalized spacial score (nSPS) is 10.7. The van der Waals surface area contributed by atoms with Gasteiger partial charge in [0.15, 0.2) is 0 Å².